The number of H-pyrrole nitrogens is 1. The topological polar surface area (TPSA) is 49.0 Å². The van der Waals surface area contributed by atoms with E-state index in [1.165, 1.54) is 0 Å². The zero-order valence-electron chi connectivity index (χ0n) is 12.4. The summed E-state index contributed by atoms with van der Waals surface area (Å²) < 4.78 is 0. The lowest BCUT2D eigenvalue weighted by molar-refractivity contribution is 0.0749. The number of carbonyl (C=O) groups excluding carboxylic acids is 1. The number of benzene rings is 1. The van der Waals surface area contributed by atoms with E-state index in [-0.39, 0.29) is 5.91 Å². The van der Waals surface area contributed by atoms with E-state index in [1.54, 1.807) is 6.07 Å². The Bertz CT molecular complexity index is 586. The third-order valence-corrected chi connectivity index (χ3v) is 3.47. The highest BCUT2D eigenvalue weighted by molar-refractivity contribution is 6.30. The lowest BCUT2D eigenvalue weighted by Gasteiger charge is -2.20. The van der Waals surface area contributed by atoms with E-state index in [2.05, 4.69) is 24.0 Å². The van der Waals surface area contributed by atoms with Gasteiger partial charge in [0, 0.05) is 23.7 Å². The van der Waals surface area contributed by atoms with Gasteiger partial charge in [0.05, 0.1) is 5.69 Å². The third-order valence-electron chi connectivity index (χ3n) is 3.22. The fourth-order valence-corrected chi connectivity index (χ4v) is 2.35. The minimum Gasteiger partial charge on any atom is -0.337 e. The number of hydrogen-bond acceptors (Lipinski definition) is 2. The van der Waals surface area contributed by atoms with E-state index in [9.17, 15) is 4.79 Å². The monoisotopic (exact) mass is 305 g/mol. The third kappa shape index (κ3) is 3.85. The predicted molar refractivity (Wildman–Crippen MR) is 85.5 cm³/mol. The highest BCUT2D eigenvalue weighted by Crippen LogP contribution is 2.20. The van der Waals surface area contributed by atoms with Crippen molar-refractivity contribution in [2.45, 2.75) is 26.7 Å². The fourth-order valence-electron chi connectivity index (χ4n) is 2.22. The zero-order valence-corrected chi connectivity index (χ0v) is 13.2. The van der Waals surface area contributed by atoms with E-state index in [4.69, 9.17) is 11.6 Å². The molecule has 0 aliphatic rings. The van der Waals surface area contributed by atoms with E-state index in [1.807, 2.05) is 29.2 Å². The molecule has 1 N–H and O–H groups in total. The smallest absolute Gasteiger partial charge is 0.271 e. The molecule has 0 unspecified atom stereocenters. The molecule has 0 saturated heterocycles. The molecule has 4 nitrogen and oxygen atoms in total. The van der Waals surface area contributed by atoms with Crippen LogP contribution in [0.2, 0.25) is 5.02 Å². The maximum absolute atomic E-state index is 12.5. The number of nitrogens with zero attached hydrogens (tertiary/aromatic N) is 2. The normalized spacial score (nSPS) is 10.6. The Balaban J connectivity index is 2.18. The molecule has 21 heavy (non-hydrogen) atoms. The van der Waals surface area contributed by atoms with Gasteiger partial charge in [0.25, 0.3) is 5.91 Å². The van der Waals surface area contributed by atoms with Crippen molar-refractivity contribution in [2.75, 3.05) is 13.1 Å². The molecular weight excluding hydrogens is 286 g/mol. The van der Waals surface area contributed by atoms with Gasteiger partial charge in [0.2, 0.25) is 0 Å². The van der Waals surface area contributed by atoms with Crippen molar-refractivity contribution in [3.05, 3.63) is 41.0 Å². The van der Waals surface area contributed by atoms with Crippen LogP contribution >= 0.6 is 11.6 Å². The molecule has 1 aromatic carbocycles. The number of amides is 1. The van der Waals surface area contributed by atoms with Crippen LogP contribution in [0.5, 0.6) is 0 Å². The van der Waals surface area contributed by atoms with Crippen LogP contribution in [-0.4, -0.2) is 34.1 Å². The van der Waals surface area contributed by atoms with Crippen LogP contribution in [0.4, 0.5) is 0 Å². The van der Waals surface area contributed by atoms with Crippen molar-refractivity contribution < 1.29 is 4.79 Å². The minimum absolute atomic E-state index is 0.00594. The number of nitrogens with one attached hydrogen (secondary N) is 1. The molecule has 1 heterocycles. The first kappa shape index (κ1) is 15.6. The number of aromatic nitrogens is 2. The summed E-state index contributed by atoms with van der Waals surface area (Å²) in [7, 11) is 0. The van der Waals surface area contributed by atoms with Crippen molar-refractivity contribution >= 4 is 17.5 Å². The highest BCUT2D eigenvalue weighted by Gasteiger charge is 2.17. The maximum Gasteiger partial charge on any atom is 0.271 e. The fraction of sp³-hybridized carbons (Fsp3) is 0.375. The molecule has 0 atom stereocenters. The van der Waals surface area contributed by atoms with Gasteiger partial charge in [0.1, 0.15) is 5.69 Å². The molecule has 2 aromatic rings. The van der Waals surface area contributed by atoms with Crippen molar-refractivity contribution in [3.63, 3.8) is 0 Å². The average Bonchev–Trinajstić information content (AvgIpc) is 2.97. The van der Waals surface area contributed by atoms with Crippen molar-refractivity contribution in [1.29, 1.82) is 0 Å². The van der Waals surface area contributed by atoms with Gasteiger partial charge in [-0.15, -0.1) is 0 Å². The highest BCUT2D eigenvalue weighted by atomic mass is 35.5. The summed E-state index contributed by atoms with van der Waals surface area (Å²) in [6.45, 7) is 5.67. The molecule has 0 saturated carbocycles. The van der Waals surface area contributed by atoms with Gasteiger partial charge in [-0.25, -0.2) is 0 Å². The Morgan fingerprint density at radius 3 is 2.38 bits per heavy atom. The Morgan fingerprint density at radius 2 is 1.81 bits per heavy atom. The van der Waals surface area contributed by atoms with Crippen LogP contribution in [-0.2, 0) is 0 Å². The summed E-state index contributed by atoms with van der Waals surface area (Å²) in [4.78, 5) is 14.3. The van der Waals surface area contributed by atoms with Crippen LogP contribution in [0.25, 0.3) is 11.3 Å². The molecule has 0 spiro atoms. The van der Waals surface area contributed by atoms with Gasteiger partial charge < -0.3 is 4.90 Å². The first-order valence-electron chi connectivity index (χ1n) is 7.26. The lowest BCUT2D eigenvalue weighted by Crippen LogP contribution is -2.32. The number of rotatable bonds is 6. The van der Waals surface area contributed by atoms with Gasteiger partial charge >= 0.3 is 0 Å². The van der Waals surface area contributed by atoms with Crippen molar-refractivity contribution in [2.24, 2.45) is 0 Å². The van der Waals surface area contributed by atoms with Crippen LogP contribution < -0.4 is 0 Å². The summed E-state index contributed by atoms with van der Waals surface area (Å²) in [6, 6.07) is 9.20. The molecular formula is C16H20ClN3O. The second-order valence-corrected chi connectivity index (χ2v) is 5.40. The molecule has 5 heteroatoms. The predicted octanol–water partition coefficient (Wildman–Crippen LogP) is 3.99. The molecule has 0 aliphatic heterocycles. The Kier molecular flexibility index (Phi) is 5.39. The number of hydrogen-bond donors (Lipinski definition) is 1. The molecule has 1 amide bonds. The second-order valence-electron chi connectivity index (χ2n) is 4.97. The largest absolute Gasteiger partial charge is 0.337 e. The summed E-state index contributed by atoms with van der Waals surface area (Å²) in [5, 5.41) is 7.75. The van der Waals surface area contributed by atoms with Crippen LogP contribution in [0.3, 0.4) is 0 Å². The molecule has 0 radical (unpaired) electrons. The molecule has 112 valence electrons. The first-order chi connectivity index (χ1) is 10.2. The van der Waals surface area contributed by atoms with E-state index in [0.29, 0.717) is 10.7 Å². The van der Waals surface area contributed by atoms with Crippen molar-refractivity contribution in [1.82, 2.24) is 15.1 Å². The standard InChI is InChI=1S/C16H20ClN3O/c1-3-9-20(10-4-2)16(21)15-11-14(18-19-15)12-5-7-13(17)8-6-12/h5-8,11H,3-4,9-10H2,1-2H3,(H,18,19). The SMILES string of the molecule is CCCN(CCC)C(=O)c1cc(-c2ccc(Cl)cc2)n[nH]1. The van der Waals surface area contributed by atoms with Crippen LogP contribution in [0.15, 0.2) is 30.3 Å². The van der Waals surface area contributed by atoms with Crippen LogP contribution in [0, 0.1) is 0 Å². The molecule has 0 fully saturated rings. The summed E-state index contributed by atoms with van der Waals surface area (Å²) in [5.74, 6) is 0.00594. The van der Waals surface area contributed by atoms with E-state index in [0.717, 1.165) is 37.2 Å². The van der Waals surface area contributed by atoms with Gasteiger partial charge in [-0.2, -0.15) is 5.10 Å². The number of halogens is 1. The van der Waals surface area contributed by atoms with Gasteiger partial charge in [0.15, 0.2) is 0 Å². The van der Waals surface area contributed by atoms with E-state index < -0.39 is 0 Å². The molecule has 2 rings (SSSR count). The van der Waals surface area contributed by atoms with Gasteiger partial charge in [-0.1, -0.05) is 37.6 Å². The minimum atomic E-state index is 0.00594. The van der Waals surface area contributed by atoms with Crippen molar-refractivity contribution in [3.8, 4) is 11.3 Å². The molecule has 0 bridgehead atoms. The van der Waals surface area contributed by atoms with Gasteiger partial charge in [-0.05, 0) is 31.0 Å². The second kappa shape index (κ2) is 7.27. The van der Waals surface area contributed by atoms with Crippen LogP contribution in [0.1, 0.15) is 37.2 Å². The summed E-state index contributed by atoms with van der Waals surface area (Å²) >= 11 is 5.88. The summed E-state index contributed by atoms with van der Waals surface area (Å²) in [5.41, 5.74) is 2.22. The first-order valence-corrected chi connectivity index (χ1v) is 7.64. The number of carbonyl (C=O) groups is 1. The Labute approximate surface area is 130 Å². The molecule has 0 aliphatic carbocycles. The summed E-state index contributed by atoms with van der Waals surface area (Å²) in [6.07, 6.45) is 1.90. The Morgan fingerprint density at radius 1 is 1.19 bits per heavy atom. The van der Waals surface area contributed by atoms with Gasteiger partial charge in [-0.3, -0.25) is 9.89 Å². The Hall–Kier alpha value is -1.81. The number of aromatic amines is 1. The molecule has 1 aromatic heterocycles. The quantitative estimate of drug-likeness (QED) is 0.877. The lowest BCUT2D eigenvalue weighted by atomic mass is 10.1. The van der Waals surface area contributed by atoms with E-state index >= 15 is 0 Å². The zero-order chi connectivity index (χ0) is 15.2. The average molecular weight is 306 g/mol. The maximum atomic E-state index is 12.5.